The van der Waals surface area contributed by atoms with E-state index in [-0.39, 0.29) is 0 Å². The van der Waals surface area contributed by atoms with Crippen molar-refractivity contribution in [2.75, 3.05) is 25.5 Å². The first-order valence-electron chi connectivity index (χ1n) is 4.99. The zero-order chi connectivity index (χ0) is 8.60. The van der Waals surface area contributed by atoms with Crippen molar-refractivity contribution in [2.45, 2.75) is 25.7 Å². The van der Waals surface area contributed by atoms with Crippen molar-refractivity contribution < 1.29 is 0 Å². The Kier molecular flexibility index (Phi) is 2.48. The summed E-state index contributed by atoms with van der Waals surface area (Å²) >= 11 is 3.61. The molecule has 0 N–H and O–H groups in total. The first kappa shape index (κ1) is 9.01. The molecule has 2 heteroatoms. The third kappa shape index (κ3) is 1.56. The highest BCUT2D eigenvalue weighted by Crippen LogP contribution is 2.47. The molecule has 1 saturated carbocycles. The Balaban J connectivity index is 1.97. The summed E-state index contributed by atoms with van der Waals surface area (Å²) in [6.07, 6.45) is 5.86. The molecule has 0 aromatic carbocycles. The third-order valence-corrected chi connectivity index (χ3v) is 4.57. The van der Waals surface area contributed by atoms with E-state index in [0.29, 0.717) is 0 Å². The van der Waals surface area contributed by atoms with Crippen LogP contribution < -0.4 is 0 Å². The summed E-state index contributed by atoms with van der Waals surface area (Å²) in [4.78, 5) is 2.50. The maximum absolute atomic E-state index is 3.61. The van der Waals surface area contributed by atoms with E-state index in [1.807, 2.05) is 0 Å². The number of halogens is 1. The fourth-order valence-electron chi connectivity index (χ4n) is 2.99. The quantitative estimate of drug-likeness (QED) is 0.628. The fourth-order valence-corrected chi connectivity index (χ4v) is 3.54. The Hall–Kier alpha value is 0.440. The minimum Gasteiger partial charge on any atom is -0.306 e. The Morgan fingerprint density at radius 1 is 1.50 bits per heavy atom. The molecule has 0 aromatic heterocycles. The van der Waals surface area contributed by atoms with Gasteiger partial charge in [-0.3, -0.25) is 0 Å². The summed E-state index contributed by atoms with van der Waals surface area (Å²) in [5.41, 5.74) is 0.729. The van der Waals surface area contributed by atoms with Crippen LogP contribution in [0.4, 0.5) is 0 Å². The Bertz CT molecular complexity index is 171. The zero-order valence-electron chi connectivity index (χ0n) is 7.85. The second-order valence-corrected chi connectivity index (χ2v) is 5.40. The molecule has 0 radical (unpaired) electrons. The van der Waals surface area contributed by atoms with Crippen LogP contribution in [0.5, 0.6) is 0 Å². The summed E-state index contributed by atoms with van der Waals surface area (Å²) in [5.74, 6) is 0.969. The van der Waals surface area contributed by atoms with Crippen LogP contribution in [0, 0.1) is 11.3 Å². The van der Waals surface area contributed by atoms with E-state index in [2.05, 4.69) is 27.9 Å². The van der Waals surface area contributed by atoms with Crippen molar-refractivity contribution in [3.8, 4) is 0 Å². The largest absolute Gasteiger partial charge is 0.306 e. The van der Waals surface area contributed by atoms with E-state index in [4.69, 9.17) is 0 Å². The molecular weight excluding hydrogens is 214 g/mol. The maximum Gasteiger partial charge on any atom is 0.00598 e. The number of likely N-dealkylation sites (tertiary alicyclic amines) is 1. The zero-order valence-corrected chi connectivity index (χ0v) is 9.44. The SMILES string of the molecule is CN1CCC2(CCC(CBr)C2)C1. The normalized spacial score (nSPS) is 43.0. The molecule has 1 nitrogen and oxygen atoms in total. The molecule has 0 bridgehead atoms. The van der Waals surface area contributed by atoms with Gasteiger partial charge in [0.25, 0.3) is 0 Å². The molecule has 2 unspecified atom stereocenters. The molecule has 12 heavy (non-hydrogen) atoms. The van der Waals surface area contributed by atoms with Crippen molar-refractivity contribution in [3.63, 3.8) is 0 Å². The number of nitrogens with zero attached hydrogens (tertiary/aromatic N) is 1. The van der Waals surface area contributed by atoms with Crippen molar-refractivity contribution in [2.24, 2.45) is 11.3 Å². The topological polar surface area (TPSA) is 3.24 Å². The lowest BCUT2D eigenvalue weighted by atomic mass is 9.85. The third-order valence-electron chi connectivity index (χ3n) is 3.65. The van der Waals surface area contributed by atoms with Gasteiger partial charge in [0.2, 0.25) is 0 Å². The first-order chi connectivity index (χ1) is 5.74. The van der Waals surface area contributed by atoms with E-state index >= 15 is 0 Å². The smallest absolute Gasteiger partial charge is 0.00598 e. The highest BCUT2D eigenvalue weighted by Gasteiger charge is 2.42. The van der Waals surface area contributed by atoms with Crippen LogP contribution in [0.1, 0.15) is 25.7 Å². The van der Waals surface area contributed by atoms with E-state index < -0.39 is 0 Å². The van der Waals surface area contributed by atoms with Gasteiger partial charge in [0.05, 0.1) is 0 Å². The van der Waals surface area contributed by atoms with Gasteiger partial charge in [-0.2, -0.15) is 0 Å². The van der Waals surface area contributed by atoms with Crippen molar-refractivity contribution in [1.29, 1.82) is 0 Å². The van der Waals surface area contributed by atoms with Crippen LogP contribution in [0.15, 0.2) is 0 Å². The minimum atomic E-state index is 0.729. The molecule has 0 aromatic rings. The van der Waals surface area contributed by atoms with Gasteiger partial charge in [-0.15, -0.1) is 0 Å². The second-order valence-electron chi connectivity index (χ2n) is 4.75. The highest BCUT2D eigenvalue weighted by molar-refractivity contribution is 9.09. The Morgan fingerprint density at radius 3 is 2.83 bits per heavy atom. The standard InChI is InChI=1S/C10H18BrN/c1-12-5-4-10(8-12)3-2-9(6-10)7-11/h9H,2-8H2,1H3. The Morgan fingerprint density at radius 2 is 2.33 bits per heavy atom. The van der Waals surface area contributed by atoms with E-state index in [0.717, 1.165) is 11.3 Å². The fraction of sp³-hybridized carbons (Fsp3) is 1.00. The molecule has 1 spiro atoms. The average Bonchev–Trinajstić information content (AvgIpc) is 2.61. The summed E-state index contributed by atoms with van der Waals surface area (Å²) in [6, 6.07) is 0. The predicted octanol–water partition coefficient (Wildman–Crippen LogP) is 2.50. The van der Waals surface area contributed by atoms with Gasteiger partial charge in [0.1, 0.15) is 0 Å². The molecule has 2 rings (SSSR count). The molecule has 1 aliphatic carbocycles. The van der Waals surface area contributed by atoms with Crippen LogP contribution in [0.25, 0.3) is 0 Å². The second kappa shape index (κ2) is 3.30. The molecule has 1 aliphatic heterocycles. The van der Waals surface area contributed by atoms with Gasteiger partial charge < -0.3 is 4.90 Å². The van der Waals surface area contributed by atoms with E-state index in [9.17, 15) is 0 Å². The summed E-state index contributed by atoms with van der Waals surface area (Å²) < 4.78 is 0. The van der Waals surface area contributed by atoms with Gasteiger partial charge in [-0.25, -0.2) is 0 Å². The molecule has 0 amide bonds. The average molecular weight is 232 g/mol. The van der Waals surface area contributed by atoms with Crippen molar-refractivity contribution in [3.05, 3.63) is 0 Å². The Labute approximate surface area is 83.6 Å². The van der Waals surface area contributed by atoms with Gasteiger partial charge in [-0.05, 0) is 50.6 Å². The van der Waals surface area contributed by atoms with Gasteiger partial charge in [-0.1, -0.05) is 15.9 Å². The highest BCUT2D eigenvalue weighted by atomic mass is 79.9. The summed E-state index contributed by atoms with van der Waals surface area (Å²) in [6.45, 7) is 2.69. The van der Waals surface area contributed by atoms with Crippen LogP contribution in [0.3, 0.4) is 0 Å². The summed E-state index contributed by atoms with van der Waals surface area (Å²) in [5, 5.41) is 1.22. The number of hydrogen-bond acceptors (Lipinski definition) is 1. The lowest BCUT2D eigenvalue weighted by Crippen LogP contribution is -2.22. The number of alkyl halides is 1. The van der Waals surface area contributed by atoms with Crippen LogP contribution >= 0.6 is 15.9 Å². The van der Waals surface area contributed by atoms with Crippen LogP contribution in [0.2, 0.25) is 0 Å². The van der Waals surface area contributed by atoms with Crippen molar-refractivity contribution in [1.82, 2.24) is 4.90 Å². The number of rotatable bonds is 1. The lowest BCUT2D eigenvalue weighted by Gasteiger charge is -2.22. The molecule has 2 atom stereocenters. The van der Waals surface area contributed by atoms with E-state index in [1.165, 1.54) is 44.1 Å². The molecular formula is C10H18BrN. The minimum absolute atomic E-state index is 0.729. The molecule has 70 valence electrons. The van der Waals surface area contributed by atoms with Gasteiger partial charge >= 0.3 is 0 Å². The molecule has 2 fully saturated rings. The van der Waals surface area contributed by atoms with Crippen LogP contribution in [-0.4, -0.2) is 30.4 Å². The number of hydrogen-bond donors (Lipinski definition) is 0. The molecule has 2 aliphatic rings. The molecule has 1 saturated heterocycles. The maximum atomic E-state index is 3.61. The molecule has 1 heterocycles. The monoisotopic (exact) mass is 231 g/mol. The summed E-state index contributed by atoms with van der Waals surface area (Å²) in [7, 11) is 2.26. The lowest BCUT2D eigenvalue weighted by molar-refractivity contribution is 0.282. The predicted molar refractivity (Wildman–Crippen MR) is 55.7 cm³/mol. The van der Waals surface area contributed by atoms with Gasteiger partial charge in [0.15, 0.2) is 0 Å². The van der Waals surface area contributed by atoms with Crippen LogP contribution in [-0.2, 0) is 0 Å². The van der Waals surface area contributed by atoms with Crippen molar-refractivity contribution >= 4 is 15.9 Å². The first-order valence-corrected chi connectivity index (χ1v) is 6.11. The van der Waals surface area contributed by atoms with E-state index in [1.54, 1.807) is 0 Å². The van der Waals surface area contributed by atoms with Gasteiger partial charge in [0, 0.05) is 11.9 Å².